The second kappa shape index (κ2) is 10.3. The number of fused-ring (bicyclic) bond motifs is 1. The predicted molar refractivity (Wildman–Crippen MR) is 141 cm³/mol. The minimum atomic E-state index is -0.363. The summed E-state index contributed by atoms with van der Waals surface area (Å²) in [5.74, 6) is 0.937. The fraction of sp³-hybridized carbons (Fsp3) is 0.414. The van der Waals surface area contributed by atoms with Crippen LogP contribution in [-0.2, 0) is 0 Å². The lowest BCUT2D eigenvalue weighted by Crippen LogP contribution is -2.35. The molecular weight excluding hydrogens is 453 g/mol. The van der Waals surface area contributed by atoms with Gasteiger partial charge in [0.1, 0.15) is 17.0 Å². The van der Waals surface area contributed by atoms with E-state index >= 15 is 4.39 Å². The van der Waals surface area contributed by atoms with Crippen LogP contribution in [0, 0.1) is 19.7 Å². The van der Waals surface area contributed by atoms with E-state index in [1.54, 1.807) is 16.8 Å². The summed E-state index contributed by atoms with van der Waals surface area (Å²) in [6, 6.07) is 15.6. The molecular formula is C29H34FN5O. The average Bonchev–Trinajstić information content (AvgIpc) is 3.23. The van der Waals surface area contributed by atoms with Crippen LogP contribution in [0.25, 0.3) is 16.6 Å². The summed E-state index contributed by atoms with van der Waals surface area (Å²) < 4.78 is 22.2. The Morgan fingerprint density at radius 1 is 1.06 bits per heavy atom. The van der Waals surface area contributed by atoms with E-state index in [1.807, 2.05) is 20.8 Å². The van der Waals surface area contributed by atoms with E-state index in [0.717, 1.165) is 60.5 Å². The molecule has 7 heteroatoms. The maximum Gasteiger partial charge on any atom is 0.152 e. The molecule has 0 saturated carbocycles. The maximum atomic E-state index is 15.0. The number of ether oxygens (including phenoxy) is 1. The van der Waals surface area contributed by atoms with E-state index in [-0.39, 0.29) is 11.7 Å². The summed E-state index contributed by atoms with van der Waals surface area (Å²) in [6.07, 6.45) is 2.02. The third-order valence-electron chi connectivity index (χ3n) is 7.36. The van der Waals surface area contributed by atoms with E-state index in [9.17, 15) is 0 Å². The highest BCUT2D eigenvalue weighted by atomic mass is 19.1. The summed E-state index contributed by atoms with van der Waals surface area (Å²) in [7, 11) is 0. The summed E-state index contributed by atoms with van der Waals surface area (Å²) >= 11 is 0. The van der Waals surface area contributed by atoms with E-state index in [0.29, 0.717) is 24.0 Å². The number of hydrogen-bond acceptors (Lipinski definition) is 5. The Labute approximate surface area is 212 Å². The lowest BCUT2D eigenvalue weighted by atomic mass is 9.91. The van der Waals surface area contributed by atoms with Crippen LogP contribution < -0.4 is 4.74 Å². The van der Waals surface area contributed by atoms with Gasteiger partial charge in [0, 0.05) is 23.9 Å². The van der Waals surface area contributed by atoms with Crippen molar-refractivity contribution < 1.29 is 9.13 Å². The molecule has 1 atom stereocenters. The first-order valence-electron chi connectivity index (χ1n) is 12.9. The van der Waals surface area contributed by atoms with Crippen molar-refractivity contribution in [1.29, 1.82) is 0 Å². The van der Waals surface area contributed by atoms with Gasteiger partial charge >= 0.3 is 0 Å². The molecule has 1 saturated heterocycles. The molecule has 1 aliphatic rings. The number of halogens is 1. The second-order valence-corrected chi connectivity index (χ2v) is 9.82. The zero-order chi connectivity index (χ0) is 25.2. The van der Waals surface area contributed by atoms with Crippen molar-refractivity contribution in [3.05, 3.63) is 77.0 Å². The number of piperidine rings is 1. The van der Waals surface area contributed by atoms with Crippen LogP contribution in [0.15, 0.2) is 48.5 Å². The van der Waals surface area contributed by atoms with Crippen molar-refractivity contribution in [3.8, 4) is 11.4 Å². The SMILES string of the molecule is CCOc1ccc(-n2nc3c(C4CCN(CC(C)c5ccccc5)CC4)nnc(C)c3c2C)c(F)c1. The van der Waals surface area contributed by atoms with Crippen LogP contribution in [-0.4, -0.2) is 51.1 Å². The van der Waals surface area contributed by atoms with Crippen LogP contribution in [0.2, 0.25) is 0 Å². The maximum absolute atomic E-state index is 15.0. The van der Waals surface area contributed by atoms with Gasteiger partial charge in [-0.3, -0.25) is 0 Å². The first kappa shape index (κ1) is 24.4. The first-order chi connectivity index (χ1) is 17.5. The predicted octanol–water partition coefficient (Wildman–Crippen LogP) is 5.95. The van der Waals surface area contributed by atoms with Crippen LogP contribution >= 0.6 is 0 Å². The smallest absolute Gasteiger partial charge is 0.152 e. The number of likely N-dealkylation sites (tertiary alicyclic amines) is 1. The fourth-order valence-electron chi connectivity index (χ4n) is 5.43. The molecule has 0 aliphatic carbocycles. The van der Waals surface area contributed by atoms with Crippen molar-refractivity contribution >= 4 is 10.9 Å². The molecule has 1 unspecified atom stereocenters. The number of aromatic nitrogens is 4. The van der Waals surface area contributed by atoms with E-state index in [1.165, 1.54) is 11.6 Å². The Morgan fingerprint density at radius 2 is 1.81 bits per heavy atom. The van der Waals surface area contributed by atoms with Crippen LogP contribution in [0.4, 0.5) is 4.39 Å². The average molecular weight is 488 g/mol. The van der Waals surface area contributed by atoms with Crippen LogP contribution in [0.1, 0.15) is 61.2 Å². The van der Waals surface area contributed by atoms with Gasteiger partial charge in [-0.2, -0.15) is 15.3 Å². The van der Waals surface area contributed by atoms with Gasteiger partial charge in [-0.25, -0.2) is 9.07 Å². The van der Waals surface area contributed by atoms with Gasteiger partial charge in [-0.05, 0) is 70.3 Å². The van der Waals surface area contributed by atoms with Gasteiger partial charge in [-0.1, -0.05) is 37.3 Å². The molecule has 3 heterocycles. The molecule has 188 valence electrons. The molecule has 0 bridgehead atoms. The monoisotopic (exact) mass is 487 g/mol. The molecule has 4 aromatic rings. The third-order valence-corrected chi connectivity index (χ3v) is 7.36. The molecule has 0 radical (unpaired) electrons. The minimum absolute atomic E-state index is 0.289. The number of aryl methyl sites for hydroxylation is 2. The quantitative estimate of drug-likeness (QED) is 0.322. The standard InChI is InChI=1S/C29H34FN5O/c1-5-36-24-11-12-26(25(30)17-24)35-21(4)27-20(3)31-32-28(29(27)33-35)23-13-15-34(16-14-23)18-19(2)22-9-7-6-8-10-22/h6-12,17,19,23H,5,13-16,18H2,1-4H3. The topological polar surface area (TPSA) is 56.1 Å². The van der Waals surface area contributed by atoms with Gasteiger partial charge in [0.25, 0.3) is 0 Å². The molecule has 0 amide bonds. The Hall–Kier alpha value is -3.32. The summed E-state index contributed by atoms with van der Waals surface area (Å²) in [5.41, 5.74) is 5.24. The van der Waals surface area contributed by atoms with Crippen LogP contribution in [0.3, 0.4) is 0 Å². The highest BCUT2D eigenvalue weighted by molar-refractivity contribution is 5.86. The van der Waals surface area contributed by atoms with Crippen molar-refractivity contribution in [1.82, 2.24) is 24.9 Å². The van der Waals surface area contributed by atoms with E-state index in [2.05, 4.69) is 52.4 Å². The highest BCUT2D eigenvalue weighted by Crippen LogP contribution is 2.34. The molecule has 36 heavy (non-hydrogen) atoms. The zero-order valence-corrected chi connectivity index (χ0v) is 21.5. The van der Waals surface area contributed by atoms with Gasteiger partial charge in [-0.15, -0.1) is 0 Å². The van der Waals surface area contributed by atoms with Gasteiger partial charge in [0.15, 0.2) is 5.82 Å². The number of rotatable bonds is 7. The normalized spacial score (nSPS) is 15.9. The molecule has 2 aromatic carbocycles. The molecule has 6 nitrogen and oxygen atoms in total. The Kier molecular flexibility index (Phi) is 7.01. The van der Waals surface area contributed by atoms with Gasteiger partial charge < -0.3 is 9.64 Å². The van der Waals surface area contributed by atoms with Gasteiger partial charge in [0.05, 0.1) is 23.7 Å². The molecule has 5 rings (SSSR count). The number of hydrogen-bond donors (Lipinski definition) is 0. The van der Waals surface area contributed by atoms with E-state index in [4.69, 9.17) is 9.84 Å². The molecule has 0 spiro atoms. The van der Waals surface area contributed by atoms with Crippen LogP contribution in [0.5, 0.6) is 5.75 Å². The Morgan fingerprint density at radius 3 is 2.50 bits per heavy atom. The highest BCUT2D eigenvalue weighted by Gasteiger charge is 2.27. The summed E-state index contributed by atoms with van der Waals surface area (Å²) in [6.45, 7) is 11.7. The lowest BCUT2D eigenvalue weighted by molar-refractivity contribution is 0.202. The van der Waals surface area contributed by atoms with Gasteiger partial charge in [0.2, 0.25) is 0 Å². The Bertz CT molecular complexity index is 1350. The number of benzene rings is 2. The molecule has 2 aromatic heterocycles. The van der Waals surface area contributed by atoms with E-state index < -0.39 is 0 Å². The van der Waals surface area contributed by atoms with Crippen molar-refractivity contribution in [2.24, 2.45) is 0 Å². The molecule has 1 aliphatic heterocycles. The van der Waals surface area contributed by atoms with Crippen molar-refractivity contribution in [2.75, 3.05) is 26.2 Å². The fourth-order valence-corrected chi connectivity index (χ4v) is 5.43. The molecule has 0 N–H and O–H groups in total. The summed E-state index contributed by atoms with van der Waals surface area (Å²) in [5, 5.41) is 15.0. The summed E-state index contributed by atoms with van der Waals surface area (Å²) in [4.78, 5) is 2.55. The zero-order valence-electron chi connectivity index (χ0n) is 21.5. The largest absolute Gasteiger partial charge is 0.494 e. The number of nitrogens with zero attached hydrogens (tertiary/aromatic N) is 5. The lowest BCUT2D eigenvalue weighted by Gasteiger charge is -2.33. The van der Waals surface area contributed by atoms with Crippen molar-refractivity contribution in [3.63, 3.8) is 0 Å². The van der Waals surface area contributed by atoms with Crippen molar-refractivity contribution in [2.45, 2.75) is 52.4 Å². The first-order valence-corrected chi connectivity index (χ1v) is 12.9. The molecule has 1 fully saturated rings. The second-order valence-electron chi connectivity index (χ2n) is 9.82. The third kappa shape index (κ3) is 4.72. The minimum Gasteiger partial charge on any atom is -0.494 e. The Balaban J connectivity index is 1.38.